The highest BCUT2D eigenvalue weighted by atomic mass is 32.2. The zero-order valence-corrected chi connectivity index (χ0v) is 41.4. The monoisotopic (exact) mass is 999 g/mol. The van der Waals surface area contributed by atoms with Gasteiger partial charge in [0.25, 0.3) is 0 Å². The second-order valence-corrected chi connectivity index (χ2v) is 19.0. The largest absolute Gasteiger partial charge is 0.374 e. The molecular formula is C60H61N3O9S. The minimum absolute atomic E-state index is 0.0530. The van der Waals surface area contributed by atoms with Crippen molar-refractivity contribution in [2.45, 2.75) is 105 Å². The summed E-state index contributed by atoms with van der Waals surface area (Å²) in [5, 5.41) is 4.36. The lowest BCUT2D eigenvalue weighted by molar-refractivity contribution is -0.303. The van der Waals surface area contributed by atoms with Crippen LogP contribution >= 0.6 is 11.8 Å². The van der Waals surface area contributed by atoms with Gasteiger partial charge in [-0.15, -0.1) is 0 Å². The minimum atomic E-state index is -1.13. The molecule has 2 fully saturated rings. The number of nitrogens with zero attached hydrogens (tertiary/aromatic N) is 3. The second-order valence-electron chi connectivity index (χ2n) is 17.9. The van der Waals surface area contributed by atoms with E-state index in [4.69, 9.17) is 42.6 Å². The zero-order chi connectivity index (χ0) is 49.7. The molecule has 2 aliphatic rings. The van der Waals surface area contributed by atoms with Gasteiger partial charge in [-0.05, 0) is 51.0 Å². The van der Waals surface area contributed by atoms with Crippen molar-refractivity contribution in [2.24, 2.45) is 5.11 Å². The minimum Gasteiger partial charge on any atom is -0.374 e. The molecule has 13 heteroatoms. The Kier molecular flexibility index (Phi) is 19.7. The molecule has 0 aliphatic carbocycles. The molecule has 0 bridgehead atoms. The topological polar surface area (TPSA) is 132 Å². The van der Waals surface area contributed by atoms with Crippen molar-refractivity contribution in [3.05, 3.63) is 256 Å². The molecular weight excluding hydrogens is 939 g/mol. The van der Waals surface area contributed by atoms with E-state index in [1.165, 1.54) is 0 Å². The SMILES string of the molecule is [N-]=[N+]=NC1C(OCC2OC(Sc3ccccc3)C(OCc3ccccc3)[C@@H](OCc3ccccc3)C2OCc2ccccc2)OC(COCc2ccccc2)C(OCc2ccccc2)[C@@H]1OCc1ccccc1. The van der Waals surface area contributed by atoms with E-state index in [9.17, 15) is 5.53 Å². The highest BCUT2D eigenvalue weighted by Gasteiger charge is 2.52. The van der Waals surface area contributed by atoms with Gasteiger partial charge < -0.3 is 42.6 Å². The number of benzene rings is 7. The molecule has 0 N–H and O–H groups in total. The summed E-state index contributed by atoms with van der Waals surface area (Å²) in [6, 6.07) is 68.9. The molecule has 0 aromatic heterocycles. The summed E-state index contributed by atoms with van der Waals surface area (Å²) < 4.78 is 62.0. The summed E-state index contributed by atoms with van der Waals surface area (Å²) in [4.78, 5) is 4.34. The van der Waals surface area contributed by atoms with Gasteiger partial charge >= 0.3 is 0 Å². The van der Waals surface area contributed by atoms with Gasteiger partial charge in [-0.25, -0.2) is 0 Å². The molecule has 0 radical (unpaired) electrons. The molecule has 12 nitrogen and oxygen atoms in total. The van der Waals surface area contributed by atoms with Crippen LogP contribution in [0.15, 0.2) is 222 Å². The van der Waals surface area contributed by atoms with E-state index in [0.29, 0.717) is 19.8 Å². The Labute approximate surface area is 432 Å². The normalized spacial score (nSPS) is 23.8. The third kappa shape index (κ3) is 15.2. The molecule has 2 aliphatic heterocycles. The van der Waals surface area contributed by atoms with Crippen molar-refractivity contribution in [1.82, 2.24) is 0 Å². The Bertz CT molecular complexity index is 2680. The zero-order valence-electron chi connectivity index (χ0n) is 40.6. The van der Waals surface area contributed by atoms with Crippen LogP contribution in [0, 0.1) is 0 Å². The van der Waals surface area contributed by atoms with E-state index < -0.39 is 60.5 Å². The van der Waals surface area contributed by atoms with Crippen molar-refractivity contribution >= 4 is 11.8 Å². The van der Waals surface area contributed by atoms with Gasteiger partial charge in [0.2, 0.25) is 0 Å². The summed E-state index contributed by atoms with van der Waals surface area (Å²) in [5.74, 6) is 0. The van der Waals surface area contributed by atoms with E-state index >= 15 is 0 Å². The van der Waals surface area contributed by atoms with Crippen LogP contribution in [-0.2, 0) is 82.3 Å². The van der Waals surface area contributed by atoms with Crippen LogP contribution in [-0.4, -0.2) is 73.7 Å². The van der Waals surface area contributed by atoms with Gasteiger partial charge in [0.05, 0.1) is 52.9 Å². The molecule has 2 heterocycles. The number of rotatable bonds is 25. The fraction of sp³-hybridized carbons (Fsp3) is 0.300. The number of thioether (sulfide) groups is 1. The molecule has 0 amide bonds. The highest BCUT2D eigenvalue weighted by molar-refractivity contribution is 7.99. The standard InChI is InChI=1S/C60H61N3O9S/c61-63-62-53-56(67-39-47-28-14-4-15-29-47)54(65-37-45-24-10-2-11-25-45)51(42-64-36-44-22-8-1-9-23-44)71-59(53)70-43-52-55(66-38-46-26-12-3-13-27-46)57(68-40-48-30-16-5-17-31-48)58(69-41-49-32-18-6-19-33-49)60(72-52)73-50-34-20-7-21-35-50/h1-35,51-60H,36-43H2/t51?,52?,53?,54?,55?,56-,57+,58?,59?,60?/m1/s1. The first kappa shape index (κ1) is 51.7. The Balaban J connectivity index is 1.05. The van der Waals surface area contributed by atoms with E-state index in [2.05, 4.69) is 22.2 Å². The third-order valence-corrected chi connectivity index (χ3v) is 13.8. The first-order chi connectivity index (χ1) is 36.2. The van der Waals surface area contributed by atoms with Gasteiger partial charge in [-0.3, -0.25) is 0 Å². The Morgan fingerprint density at radius 3 is 1.18 bits per heavy atom. The van der Waals surface area contributed by atoms with Crippen molar-refractivity contribution in [1.29, 1.82) is 0 Å². The Morgan fingerprint density at radius 1 is 0.384 bits per heavy atom. The highest BCUT2D eigenvalue weighted by Crippen LogP contribution is 2.39. The quantitative estimate of drug-likeness (QED) is 0.0310. The molecule has 9 rings (SSSR count). The smallest absolute Gasteiger partial charge is 0.169 e. The predicted molar refractivity (Wildman–Crippen MR) is 280 cm³/mol. The summed E-state index contributed by atoms with van der Waals surface area (Å²) in [7, 11) is 0. The first-order valence-corrected chi connectivity index (χ1v) is 25.6. The number of ether oxygens (including phenoxy) is 9. The van der Waals surface area contributed by atoms with Gasteiger partial charge in [-0.2, -0.15) is 0 Å². The average molecular weight is 1000 g/mol. The van der Waals surface area contributed by atoms with Crippen LogP contribution in [0.25, 0.3) is 10.4 Å². The summed E-state index contributed by atoms with van der Waals surface area (Å²) in [6.07, 6.45) is -6.18. The molecule has 7 aromatic carbocycles. The van der Waals surface area contributed by atoms with Gasteiger partial charge in [0.15, 0.2) is 6.29 Å². The molecule has 7 aromatic rings. The first-order valence-electron chi connectivity index (χ1n) is 24.7. The number of hydrogen-bond donors (Lipinski definition) is 0. The van der Waals surface area contributed by atoms with Crippen LogP contribution in [0.2, 0.25) is 0 Å². The Morgan fingerprint density at radius 2 is 0.740 bits per heavy atom. The molecule has 376 valence electrons. The lowest BCUT2D eigenvalue weighted by atomic mass is 9.96. The fourth-order valence-corrected chi connectivity index (χ4v) is 10.1. The summed E-state index contributed by atoms with van der Waals surface area (Å²) in [6.45, 7) is 1.73. The van der Waals surface area contributed by atoms with E-state index in [-0.39, 0.29) is 33.0 Å². The molecule has 0 spiro atoms. The maximum Gasteiger partial charge on any atom is 0.169 e. The van der Waals surface area contributed by atoms with Crippen LogP contribution in [0.4, 0.5) is 0 Å². The molecule has 2 saturated heterocycles. The lowest BCUT2D eigenvalue weighted by Crippen LogP contribution is -2.62. The van der Waals surface area contributed by atoms with Crippen molar-refractivity contribution < 1.29 is 42.6 Å². The molecule has 0 saturated carbocycles. The maximum atomic E-state index is 10.3. The number of hydrogen-bond acceptors (Lipinski definition) is 11. The van der Waals surface area contributed by atoms with Crippen LogP contribution in [0.3, 0.4) is 0 Å². The summed E-state index contributed by atoms with van der Waals surface area (Å²) in [5.41, 5.74) is 15.6. The summed E-state index contributed by atoms with van der Waals surface area (Å²) >= 11 is 1.55. The second kappa shape index (κ2) is 27.8. The van der Waals surface area contributed by atoms with Gasteiger partial charge in [0, 0.05) is 9.81 Å². The number of azide groups is 1. The van der Waals surface area contributed by atoms with Gasteiger partial charge in [0.1, 0.15) is 54.2 Å². The van der Waals surface area contributed by atoms with Crippen LogP contribution in [0.1, 0.15) is 33.4 Å². The van der Waals surface area contributed by atoms with Crippen LogP contribution < -0.4 is 0 Å². The lowest BCUT2D eigenvalue weighted by Gasteiger charge is -2.47. The predicted octanol–water partition coefficient (Wildman–Crippen LogP) is 12.1. The van der Waals surface area contributed by atoms with E-state index in [1.54, 1.807) is 11.8 Å². The van der Waals surface area contributed by atoms with E-state index in [0.717, 1.165) is 38.3 Å². The van der Waals surface area contributed by atoms with Crippen LogP contribution in [0.5, 0.6) is 0 Å². The van der Waals surface area contributed by atoms with E-state index in [1.807, 2.05) is 200 Å². The molecule has 8 unspecified atom stereocenters. The average Bonchev–Trinajstić information content (AvgIpc) is 3.45. The molecule has 10 atom stereocenters. The van der Waals surface area contributed by atoms with Gasteiger partial charge in [-0.1, -0.05) is 217 Å². The third-order valence-electron chi connectivity index (χ3n) is 12.6. The Hall–Kier alpha value is -6.16. The van der Waals surface area contributed by atoms with Crippen molar-refractivity contribution in [3.8, 4) is 0 Å². The van der Waals surface area contributed by atoms with Crippen molar-refractivity contribution in [2.75, 3.05) is 13.2 Å². The fourth-order valence-electron chi connectivity index (χ4n) is 8.94. The van der Waals surface area contributed by atoms with Crippen molar-refractivity contribution in [3.63, 3.8) is 0 Å². The molecule has 73 heavy (non-hydrogen) atoms. The maximum absolute atomic E-state index is 10.3.